The third-order valence-electron chi connectivity index (χ3n) is 3.67. The van der Waals surface area contributed by atoms with Crippen LogP contribution in [0.4, 0.5) is 5.69 Å². The Hall–Kier alpha value is -2.97. The summed E-state index contributed by atoms with van der Waals surface area (Å²) in [4.78, 5) is 20.5. The number of aromatic nitrogens is 2. The molecule has 0 aliphatic rings. The largest absolute Gasteiger partial charge is 0.502 e. The molecular formula is C17H11N3O3S2. The van der Waals surface area contributed by atoms with Crippen LogP contribution in [0.15, 0.2) is 53.2 Å². The number of benzene rings is 1. The summed E-state index contributed by atoms with van der Waals surface area (Å²) in [6.07, 6.45) is 0. The standard InChI is InChI=1S/C17H11N3O3S2/c21-12-6-5-10(9-11(12)20(22)23)17-18-15(13-3-1-7-24-13)16(19-17)14-4-2-8-25-14/h1-9,21H,(H,18,19). The van der Waals surface area contributed by atoms with Crippen molar-refractivity contribution in [1.29, 1.82) is 0 Å². The zero-order valence-electron chi connectivity index (χ0n) is 12.7. The van der Waals surface area contributed by atoms with E-state index in [0.717, 1.165) is 21.1 Å². The van der Waals surface area contributed by atoms with Crippen molar-refractivity contribution in [2.75, 3.05) is 0 Å². The number of nitrogens with zero attached hydrogens (tertiary/aromatic N) is 2. The molecule has 1 aromatic carbocycles. The Morgan fingerprint density at radius 2 is 1.80 bits per heavy atom. The van der Waals surface area contributed by atoms with E-state index in [0.29, 0.717) is 11.4 Å². The van der Waals surface area contributed by atoms with Crippen LogP contribution < -0.4 is 0 Å². The van der Waals surface area contributed by atoms with Gasteiger partial charge in [0.25, 0.3) is 0 Å². The quantitative estimate of drug-likeness (QED) is 0.384. The first-order chi connectivity index (χ1) is 12.1. The van der Waals surface area contributed by atoms with Gasteiger partial charge in [-0.3, -0.25) is 10.1 Å². The van der Waals surface area contributed by atoms with Gasteiger partial charge < -0.3 is 10.1 Å². The first-order valence-corrected chi connectivity index (χ1v) is 9.05. The number of hydrogen-bond donors (Lipinski definition) is 2. The van der Waals surface area contributed by atoms with Crippen molar-refractivity contribution < 1.29 is 10.0 Å². The molecule has 0 radical (unpaired) electrons. The number of nitro benzene ring substituents is 1. The van der Waals surface area contributed by atoms with Gasteiger partial charge in [-0.1, -0.05) is 12.1 Å². The molecule has 0 unspecified atom stereocenters. The summed E-state index contributed by atoms with van der Waals surface area (Å²) in [6, 6.07) is 12.1. The fourth-order valence-electron chi connectivity index (χ4n) is 2.52. The first kappa shape index (κ1) is 15.6. The van der Waals surface area contributed by atoms with Crippen molar-refractivity contribution in [3.63, 3.8) is 0 Å². The average Bonchev–Trinajstić information content (AvgIpc) is 3.34. The fourth-order valence-corrected chi connectivity index (χ4v) is 3.96. The molecule has 124 valence electrons. The molecule has 0 aliphatic carbocycles. The molecule has 0 saturated carbocycles. The summed E-state index contributed by atoms with van der Waals surface area (Å²) < 4.78 is 0. The lowest BCUT2D eigenvalue weighted by Gasteiger charge is -1.99. The Morgan fingerprint density at radius 3 is 2.44 bits per heavy atom. The minimum atomic E-state index is -0.609. The Labute approximate surface area is 150 Å². The lowest BCUT2D eigenvalue weighted by Crippen LogP contribution is -1.90. The predicted octanol–water partition coefficient (Wildman–Crippen LogP) is 5.15. The highest BCUT2D eigenvalue weighted by molar-refractivity contribution is 7.14. The topological polar surface area (TPSA) is 92.0 Å². The molecule has 4 aromatic rings. The molecule has 8 heteroatoms. The van der Waals surface area contributed by atoms with Gasteiger partial charge in [0.2, 0.25) is 0 Å². The Balaban J connectivity index is 1.88. The molecule has 6 nitrogen and oxygen atoms in total. The highest BCUT2D eigenvalue weighted by Gasteiger charge is 2.19. The van der Waals surface area contributed by atoms with Gasteiger partial charge in [-0.05, 0) is 35.0 Å². The molecule has 0 aliphatic heterocycles. The smallest absolute Gasteiger partial charge is 0.311 e. The maximum Gasteiger partial charge on any atom is 0.311 e. The van der Waals surface area contributed by atoms with E-state index in [2.05, 4.69) is 9.97 Å². The monoisotopic (exact) mass is 369 g/mol. The van der Waals surface area contributed by atoms with Crippen LogP contribution >= 0.6 is 22.7 Å². The van der Waals surface area contributed by atoms with Crippen LogP contribution in [0.3, 0.4) is 0 Å². The number of nitro groups is 1. The third kappa shape index (κ3) is 2.81. The molecule has 3 heterocycles. The number of hydrogen-bond acceptors (Lipinski definition) is 6. The van der Waals surface area contributed by atoms with Gasteiger partial charge in [0.15, 0.2) is 5.75 Å². The second-order valence-electron chi connectivity index (χ2n) is 5.22. The van der Waals surface area contributed by atoms with E-state index in [4.69, 9.17) is 0 Å². The highest BCUT2D eigenvalue weighted by atomic mass is 32.1. The number of phenols is 1. The average molecular weight is 369 g/mol. The number of H-pyrrole nitrogens is 1. The van der Waals surface area contributed by atoms with E-state index in [-0.39, 0.29) is 11.4 Å². The van der Waals surface area contributed by atoms with E-state index in [9.17, 15) is 15.2 Å². The SMILES string of the molecule is O=[N+]([O-])c1cc(-c2nc(-c3cccs3)c(-c3cccs3)[nH]2)ccc1O. The Morgan fingerprint density at radius 1 is 1.08 bits per heavy atom. The summed E-state index contributed by atoms with van der Waals surface area (Å²) in [6.45, 7) is 0. The number of thiophene rings is 2. The Kier molecular flexibility index (Phi) is 3.83. The van der Waals surface area contributed by atoms with Crippen molar-refractivity contribution in [2.45, 2.75) is 0 Å². The van der Waals surface area contributed by atoms with Crippen LogP contribution in [0.1, 0.15) is 0 Å². The van der Waals surface area contributed by atoms with Gasteiger partial charge in [0, 0.05) is 11.6 Å². The van der Waals surface area contributed by atoms with Gasteiger partial charge in [0.05, 0.1) is 20.4 Å². The number of imidazole rings is 1. The zero-order chi connectivity index (χ0) is 17.4. The maximum atomic E-state index is 11.1. The van der Waals surface area contributed by atoms with Gasteiger partial charge in [-0.25, -0.2) is 4.98 Å². The summed E-state index contributed by atoms with van der Waals surface area (Å²) in [7, 11) is 0. The molecule has 0 atom stereocenters. The molecule has 0 fully saturated rings. The molecule has 0 bridgehead atoms. The van der Waals surface area contributed by atoms with Crippen LogP contribution in [0.2, 0.25) is 0 Å². The maximum absolute atomic E-state index is 11.1. The number of aromatic hydroxyl groups is 1. The molecule has 3 aromatic heterocycles. The first-order valence-electron chi connectivity index (χ1n) is 7.29. The van der Waals surface area contributed by atoms with Gasteiger partial charge >= 0.3 is 5.69 Å². The van der Waals surface area contributed by atoms with Crippen LogP contribution in [-0.2, 0) is 0 Å². The minimum Gasteiger partial charge on any atom is -0.502 e. The van der Waals surface area contributed by atoms with Crippen LogP contribution in [0.5, 0.6) is 5.75 Å². The lowest BCUT2D eigenvalue weighted by molar-refractivity contribution is -0.385. The number of aromatic amines is 1. The highest BCUT2D eigenvalue weighted by Crippen LogP contribution is 2.38. The van der Waals surface area contributed by atoms with Gasteiger partial charge in [-0.2, -0.15) is 0 Å². The van der Waals surface area contributed by atoms with Crippen LogP contribution in [-0.4, -0.2) is 20.0 Å². The van der Waals surface area contributed by atoms with Crippen molar-refractivity contribution in [3.05, 3.63) is 63.3 Å². The zero-order valence-corrected chi connectivity index (χ0v) is 14.3. The number of phenolic OH excluding ortho intramolecular Hbond substituents is 1. The second-order valence-corrected chi connectivity index (χ2v) is 7.12. The fraction of sp³-hybridized carbons (Fsp3) is 0. The molecule has 0 spiro atoms. The third-order valence-corrected chi connectivity index (χ3v) is 5.44. The lowest BCUT2D eigenvalue weighted by atomic mass is 10.2. The number of nitrogens with one attached hydrogen (secondary N) is 1. The van der Waals surface area contributed by atoms with Crippen LogP contribution in [0, 0.1) is 10.1 Å². The summed E-state index contributed by atoms with van der Waals surface area (Å²) in [5, 5.41) is 24.7. The van der Waals surface area contributed by atoms with E-state index in [1.54, 1.807) is 28.7 Å². The molecular weight excluding hydrogens is 358 g/mol. The second kappa shape index (κ2) is 6.15. The molecule has 0 amide bonds. The summed E-state index contributed by atoms with van der Waals surface area (Å²) in [5.74, 6) is 0.159. The normalized spacial score (nSPS) is 10.9. The van der Waals surface area contributed by atoms with Crippen LogP contribution in [0.25, 0.3) is 32.5 Å². The molecule has 2 N–H and O–H groups in total. The summed E-state index contributed by atoms with van der Waals surface area (Å²) >= 11 is 3.17. The van der Waals surface area contributed by atoms with E-state index < -0.39 is 4.92 Å². The summed E-state index contributed by atoms with van der Waals surface area (Å²) in [5.41, 5.74) is 1.89. The number of rotatable bonds is 4. The van der Waals surface area contributed by atoms with Crippen molar-refractivity contribution in [1.82, 2.24) is 9.97 Å². The van der Waals surface area contributed by atoms with E-state index in [1.807, 2.05) is 35.0 Å². The minimum absolute atomic E-state index is 0.343. The Bertz CT molecular complexity index is 986. The molecule has 25 heavy (non-hydrogen) atoms. The van der Waals surface area contributed by atoms with E-state index >= 15 is 0 Å². The molecule has 4 rings (SSSR count). The van der Waals surface area contributed by atoms with Crippen molar-refractivity contribution >= 4 is 28.4 Å². The molecule has 0 saturated heterocycles. The van der Waals surface area contributed by atoms with Crippen molar-refractivity contribution in [3.8, 4) is 38.3 Å². The van der Waals surface area contributed by atoms with E-state index in [1.165, 1.54) is 12.1 Å². The predicted molar refractivity (Wildman–Crippen MR) is 99.0 cm³/mol. The van der Waals surface area contributed by atoms with Gasteiger partial charge in [-0.15, -0.1) is 22.7 Å². The van der Waals surface area contributed by atoms with Gasteiger partial charge in [0.1, 0.15) is 11.5 Å². The van der Waals surface area contributed by atoms with Crippen molar-refractivity contribution in [2.24, 2.45) is 0 Å².